The first-order valence-corrected chi connectivity index (χ1v) is 11.3. The summed E-state index contributed by atoms with van der Waals surface area (Å²) in [5, 5.41) is 17.8. The Morgan fingerprint density at radius 3 is 2.64 bits per heavy atom. The lowest BCUT2D eigenvalue weighted by Crippen LogP contribution is -2.44. The number of nitrogens with zero attached hydrogens (tertiary/aromatic N) is 3. The Hall–Kier alpha value is -2.18. The average Bonchev–Trinajstić information content (AvgIpc) is 3.59. The highest BCUT2D eigenvalue weighted by Gasteiger charge is 2.26. The van der Waals surface area contributed by atoms with Gasteiger partial charge < -0.3 is 19.8 Å². The number of halogens is 1. The van der Waals surface area contributed by atoms with Crippen LogP contribution in [0.1, 0.15) is 36.6 Å². The zero-order valence-corrected chi connectivity index (χ0v) is 21.0. The molecule has 2 N–H and O–H groups in total. The fraction of sp³-hybridized carbons (Fsp3) is 0.522. The van der Waals surface area contributed by atoms with Crippen molar-refractivity contribution in [2.24, 2.45) is 10.9 Å². The second-order valence-electron chi connectivity index (χ2n) is 8.35. The minimum absolute atomic E-state index is 0. The Morgan fingerprint density at radius 1 is 1.21 bits per heavy atom. The van der Waals surface area contributed by atoms with E-state index in [4.69, 9.17) is 14.1 Å². The second-order valence-corrected chi connectivity index (χ2v) is 8.35. The molecular formula is C23H32IN5O4. The molecule has 10 heteroatoms. The maximum Gasteiger partial charge on any atom is 0.269 e. The van der Waals surface area contributed by atoms with Gasteiger partial charge in [-0.05, 0) is 50.0 Å². The first-order chi connectivity index (χ1) is 15.7. The second kappa shape index (κ2) is 12.9. The zero-order chi connectivity index (χ0) is 22.2. The van der Waals surface area contributed by atoms with E-state index in [1.54, 1.807) is 18.4 Å². The largest absolute Gasteiger partial charge is 0.468 e. The number of rotatable bonds is 9. The number of nitro benzene ring substituents is 1. The first-order valence-electron chi connectivity index (χ1n) is 11.3. The van der Waals surface area contributed by atoms with E-state index in [2.05, 4.69) is 15.5 Å². The number of nitro groups is 1. The van der Waals surface area contributed by atoms with Gasteiger partial charge in [-0.1, -0.05) is 12.1 Å². The SMILES string of the molecule is I.O=[N+]([O-])c1ccc(CN=C(NCC2CCOC2)NCC(c2ccco2)N2CCCC2)cc1. The van der Waals surface area contributed by atoms with Crippen LogP contribution in [0.15, 0.2) is 52.1 Å². The number of nitrogens with one attached hydrogen (secondary N) is 2. The molecular weight excluding hydrogens is 537 g/mol. The maximum atomic E-state index is 10.9. The highest BCUT2D eigenvalue weighted by molar-refractivity contribution is 14.0. The van der Waals surface area contributed by atoms with Crippen LogP contribution in [0.4, 0.5) is 5.69 Å². The molecule has 2 unspecified atom stereocenters. The lowest BCUT2D eigenvalue weighted by molar-refractivity contribution is -0.384. The minimum Gasteiger partial charge on any atom is -0.468 e. The van der Waals surface area contributed by atoms with E-state index in [0.717, 1.165) is 56.6 Å². The number of furan rings is 1. The Morgan fingerprint density at radius 2 is 2.00 bits per heavy atom. The van der Waals surface area contributed by atoms with E-state index >= 15 is 0 Å². The van der Waals surface area contributed by atoms with Gasteiger partial charge in [0, 0.05) is 37.7 Å². The van der Waals surface area contributed by atoms with E-state index in [1.807, 2.05) is 12.1 Å². The number of aliphatic imine (C=N–C) groups is 1. The third-order valence-corrected chi connectivity index (χ3v) is 6.06. The minimum atomic E-state index is -0.390. The third-order valence-electron chi connectivity index (χ3n) is 6.06. The van der Waals surface area contributed by atoms with Crippen molar-refractivity contribution in [1.29, 1.82) is 0 Å². The smallest absolute Gasteiger partial charge is 0.269 e. The molecule has 3 heterocycles. The summed E-state index contributed by atoms with van der Waals surface area (Å²) in [6.07, 6.45) is 5.18. The number of likely N-dealkylation sites (tertiary alicyclic amines) is 1. The molecule has 0 bridgehead atoms. The molecule has 2 aliphatic rings. The van der Waals surface area contributed by atoms with E-state index in [-0.39, 0.29) is 35.7 Å². The van der Waals surface area contributed by atoms with Crippen LogP contribution in [-0.2, 0) is 11.3 Å². The molecule has 180 valence electrons. The number of guanidine groups is 1. The lowest BCUT2D eigenvalue weighted by atomic mass is 10.1. The van der Waals surface area contributed by atoms with Crippen LogP contribution in [0.2, 0.25) is 0 Å². The molecule has 33 heavy (non-hydrogen) atoms. The summed E-state index contributed by atoms with van der Waals surface area (Å²) in [7, 11) is 0. The van der Waals surface area contributed by atoms with Crippen molar-refractivity contribution >= 4 is 35.6 Å². The maximum absolute atomic E-state index is 10.9. The predicted molar refractivity (Wildman–Crippen MR) is 137 cm³/mol. The quantitative estimate of drug-likeness (QED) is 0.156. The van der Waals surface area contributed by atoms with Crippen molar-refractivity contribution in [3.63, 3.8) is 0 Å². The number of non-ortho nitro benzene ring substituents is 1. The topological polar surface area (TPSA) is 105 Å². The van der Waals surface area contributed by atoms with Crippen molar-refractivity contribution in [2.75, 3.05) is 39.4 Å². The van der Waals surface area contributed by atoms with E-state index in [1.165, 1.54) is 25.0 Å². The molecule has 1 aromatic heterocycles. The molecule has 0 radical (unpaired) electrons. The van der Waals surface area contributed by atoms with Gasteiger partial charge in [0.25, 0.3) is 5.69 Å². The molecule has 2 aromatic rings. The molecule has 2 fully saturated rings. The van der Waals surface area contributed by atoms with Crippen molar-refractivity contribution in [2.45, 2.75) is 31.8 Å². The van der Waals surface area contributed by atoms with Crippen LogP contribution in [0.3, 0.4) is 0 Å². The third kappa shape index (κ3) is 7.41. The van der Waals surface area contributed by atoms with Gasteiger partial charge in [0.1, 0.15) is 5.76 Å². The van der Waals surface area contributed by atoms with Crippen LogP contribution < -0.4 is 10.6 Å². The Kier molecular flexibility index (Phi) is 9.95. The van der Waals surface area contributed by atoms with Crippen molar-refractivity contribution < 1.29 is 14.1 Å². The number of hydrogen-bond donors (Lipinski definition) is 2. The molecule has 9 nitrogen and oxygen atoms in total. The van der Waals surface area contributed by atoms with E-state index in [0.29, 0.717) is 19.0 Å². The molecule has 0 saturated carbocycles. The van der Waals surface area contributed by atoms with Crippen LogP contribution in [0, 0.1) is 16.0 Å². The summed E-state index contributed by atoms with van der Waals surface area (Å²) in [4.78, 5) is 17.7. The van der Waals surface area contributed by atoms with Gasteiger partial charge in [0.05, 0.1) is 30.4 Å². The lowest BCUT2D eigenvalue weighted by Gasteiger charge is -2.27. The fourth-order valence-electron chi connectivity index (χ4n) is 4.19. The Labute approximate surface area is 211 Å². The van der Waals surface area contributed by atoms with Gasteiger partial charge in [-0.15, -0.1) is 24.0 Å². The van der Waals surface area contributed by atoms with Crippen LogP contribution >= 0.6 is 24.0 Å². The van der Waals surface area contributed by atoms with Gasteiger partial charge >= 0.3 is 0 Å². The summed E-state index contributed by atoms with van der Waals surface area (Å²) >= 11 is 0. The summed E-state index contributed by atoms with van der Waals surface area (Å²) in [6, 6.07) is 10.6. The molecule has 1 aromatic carbocycles. The Bertz CT molecular complexity index is 879. The number of benzene rings is 1. The van der Waals surface area contributed by atoms with Crippen LogP contribution in [0.25, 0.3) is 0 Å². The number of ether oxygens (including phenoxy) is 1. The summed E-state index contributed by atoms with van der Waals surface area (Å²) < 4.78 is 11.2. The van der Waals surface area contributed by atoms with Crippen molar-refractivity contribution in [1.82, 2.24) is 15.5 Å². The van der Waals surface area contributed by atoms with Gasteiger partial charge in [0.2, 0.25) is 0 Å². The molecule has 0 amide bonds. The van der Waals surface area contributed by atoms with Crippen molar-refractivity contribution in [3.8, 4) is 0 Å². The van der Waals surface area contributed by atoms with Gasteiger partial charge in [-0.3, -0.25) is 15.0 Å². The molecule has 2 aliphatic heterocycles. The van der Waals surface area contributed by atoms with E-state index < -0.39 is 4.92 Å². The van der Waals surface area contributed by atoms with Gasteiger partial charge in [-0.2, -0.15) is 0 Å². The molecule has 4 rings (SSSR count). The fourth-order valence-corrected chi connectivity index (χ4v) is 4.19. The molecule has 2 saturated heterocycles. The summed E-state index contributed by atoms with van der Waals surface area (Å²) in [5.41, 5.74) is 1.00. The standard InChI is InChI=1S/C23H31N5O4.HI/c29-28(30)20-7-5-18(6-8-20)14-24-23(25-15-19-9-13-31-17-19)26-16-21(22-4-3-12-32-22)27-10-1-2-11-27;/h3-8,12,19,21H,1-2,9-11,13-17H2,(H2,24,25,26);1H. The van der Waals surface area contributed by atoms with E-state index in [9.17, 15) is 10.1 Å². The predicted octanol–water partition coefficient (Wildman–Crippen LogP) is 3.71. The molecule has 0 aliphatic carbocycles. The van der Waals surface area contributed by atoms with Crippen molar-refractivity contribution in [3.05, 3.63) is 64.1 Å². The normalized spacial score (nSPS) is 19.8. The summed E-state index contributed by atoms with van der Waals surface area (Å²) in [5.74, 6) is 2.16. The Balaban J connectivity index is 0.00000306. The average molecular weight is 569 g/mol. The van der Waals surface area contributed by atoms with Crippen LogP contribution in [0.5, 0.6) is 0 Å². The highest BCUT2D eigenvalue weighted by Crippen LogP contribution is 2.25. The number of hydrogen-bond acceptors (Lipinski definition) is 6. The molecule has 0 spiro atoms. The van der Waals surface area contributed by atoms with Crippen LogP contribution in [-0.4, -0.2) is 55.2 Å². The monoisotopic (exact) mass is 569 g/mol. The first kappa shape index (κ1) is 25.4. The zero-order valence-electron chi connectivity index (χ0n) is 18.7. The molecule has 2 atom stereocenters. The van der Waals surface area contributed by atoms with Gasteiger partial charge in [0.15, 0.2) is 5.96 Å². The summed E-state index contributed by atoms with van der Waals surface area (Å²) in [6.45, 7) is 5.62. The van der Waals surface area contributed by atoms with Gasteiger partial charge in [-0.25, -0.2) is 4.99 Å². The highest BCUT2D eigenvalue weighted by atomic mass is 127.